The SMILES string of the molecule is CCNC(=NCc1ccc(C)cc1SC)NCC(=O)N(C)CCc1ccccn1.I. The molecule has 8 heteroatoms. The Bertz CT molecular complexity index is 816. The van der Waals surface area contributed by atoms with Gasteiger partial charge in [0.2, 0.25) is 5.91 Å². The van der Waals surface area contributed by atoms with Crippen molar-refractivity contribution in [2.45, 2.75) is 31.7 Å². The van der Waals surface area contributed by atoms with Crippen molar-refractivity contribution < 1.29 is 4.79 Å². The summed E-state index contributed by atoms with van der Waals surface area (Å²) in [5, 5.41) is 6.35. The number of aliphatic imine (C=N–C) groups is 1. The van der Waals surface area contributed by atoms with Crippen LogP contribution >= 0.6 is 35.7 Å². The molecule has 0 unspecified atom stereocenters. The van der Waals surface area contributed by atoms with Gasteiger partial charge in [-0.1, -0.05) is 18.2 Å². The minimum absolute atomic E-state index is 0. The van der Waals surface area contributed by atoms with E-state index in [1.807, 2.05) is 32.2 Å². The zero-order valence-corrected chi connectivity index (χ0v) is 21.3. The largest absolute Gasteiger partial charge is 0.357 e. The predicted octanol–water partition coefficient (Wildman–Crippen LogP) is 3.49. The maximum atomic E-state index is 12.4. The molecule has 0 saturated heterocycles. The molecule has 0 aliphatic rings. The molecule has 0 bridgehead atoms. The van der Waals surface area contributed by atoms with Crippen molar-refractivity contribution >= 4 is 47.6 Å². The van der Waals surface area contributed by atoms with Crippen molar-refractivity contribution in [1.82, 2.24) is 20.5 Å². The lowest BCUT2D eigenvalue weighted by Crippen LogP contribution is -2.44. The molecule has 1 heterocycles. The Balaban J connectivity index is 0.00000450. The second kappa shape index (κ2) is 14.2. The van der Waals surface area contributed by atoms with E-state index >= 15 is 0 Å². The zero-order valence-electron chi connectivity index (χ0n) is 18.1. The van der Waals surface area contributed by atoms with Gasteiger partial charge in [0.25, 0.3) is 0 Å². The summed E-state index contributed by atoms with van der Waals surface area (Å²) in [5.41, 5.74) is 3.41. The van der Waals surface area contributed by atoms with Crippen molar-refractivity contribution in [3.8, 4) is 0 Å². The first-order valence-corrected chi connectivity index (χ1v) is 11.1. The van der Waals surface area contributed by atoms with Gasteiger partial charge in [0.1, 0.15) is 0 Å². The van der Waals surface area contributed by atoms with E-state index in [1.165, 1.54) is 16.0 Å². The number of carbonyl (C=O) groups is 1. The number of pyridine rings is 1. The maximum Gasteiger partial charge on any atom is 0.241 e. The molecule has 0 atom stereocenters. The Morgan fingerprint density at radius 1 is 1.23 bits per heavy atom. The zero-order chi connectivity index (χ0) is 21.1. The van der Waals surface area contributed by atoms with Crippen molar-refractivity contribution in [1.29, 1.82) is 0 Å². The molecule has 164 valence electrons. The molecule has 1 aromatic carbocycles. The van der Waals surface area contributed by atoms with Gasteiger partial charge in [0.05, 0.1) is 13.1 Å². The summed E-state index contributed by atoms with van der Waals surface area (Å²) in [6, 6.07) is 12.2. The first-order valence-electron chi connectivity index (χ1n) is 9.83. The highest BCUT2D eigenvalue weighted by molar-refractivity contribution is 14.0. The fourth-order valence-electron chi connectivity index (χ4n) is 2.74. The molecule has 0 aliphatic carbocycles. The quantitative estimate of drug-likeness (QED) is 0.220. The number of benzene rings is 1. The molecule has 0 radical (unpaired) electrons. The Morgan fingerprint density at radius 3 is 2.70 bits per heavy atom. The number of hydrogen-bond acceptors (Lipinski definition) is 4. The van der Waals surface area contributed by atoms with Crippen LogP contribution in [0.4, 0.5) is 0 Å². The van der Waals surface area contributed by atoms with E-state index in [0.29, 0.717) is 19.0 Å². The highest BCUT2D eigenvalue weighted by Crippen LogP contribution is 2.22. The van der Waals surface area contributed by atoms with Crippen LogP contribution in [0.15, 0.2) is 52.5 Å². The molecule has 1 aromatic heterocycles. The van der Waals surface area contributed by atoms with E-state index < -0.39 is 0 Å². The Kier molecular flexibility index (Phi) is 12.4. The van der Waals surface area contributed by atoms with E-state index in [4.69, 9.17) is 0 Å². The monoisotopic (exact) mass is 541 g/mol. The van der Waals surface area contributed by atoms with E-state index in [9.17, 15) is 4.79 Å². The second-order valence-electron chi connectivity index (χ2n) is 6.75. The number of guanidine groups is 1. The first kappa shape index (κ1) is 26.2. The molecule has 0 aliphatic heterocycles. The molecular weight excluding hydrogens is 509 g/mol. The summed E-state index contributed by atoms with van der Waals surface area (Å²) in [5.74, 6) is 0.665. The third-order valence-electron chi connectivity index (χ3n) is 4.46. The average molecular weight is 542 g/mol. The first-order chi connectivity index (χ1) is 14.0. The van der Waals surface area contributed by atoms with Gasteiger partial charge in [-0.15, -0.1) is 35.7 Å². The number of rotatable bonds is 9. The number of aromatic nitrogens is 1. The third kappa shape index (κ3) is 8.91. The van der Waals surface area contributed by atoms with Crippen LogP contribution in [-0.4, -0.2) is 54.7 Å². The fourth-order valence-corrected chi connectivity index (χ4v) is 3.43. The molecule has 0 fully saturated rings. The van der Waals surface area contributed by atoms with E-state index in [2.05, 4.69) is 52.0 Å². The summed E-state index contributed by atoms with van der Waals surface area (Å²) < 4.78 is 0. The molecule has 2 aromatic rings. The summed E-state index contributed by atoms with van der Waals surface area (Å²) >= 11 is 1.72. The van der Waals surface area contributed by atoms with Crippen LogP contribution in [0, 0.1) is 6.92 Å². The summed E-state index contributed by atoms with van der Waals surface area (Å²) in [4.78, 5) is 24.3. The van der Waals surface area contributed by atoms with Crippen LogP contribution in [-0.2, 0) is 17.8 Å². The maximum absolute atomic E-state index is 12.4. The minimum atomic E-state index is 0. The molecule has 2 rings (SSSR count). The summed E-state index contributed by atoms with van der Waals surface area (Å²) in [6.45, 7) is 6.24. The molecule has 0 spiro atoms. The molecule has 0 saturated carbocycles. The number of amides is 1. The van der Waals surface area contributed by atoms with Crippen LogP contribution in [0.3, 0.4) is 0 Å². The fraction of sp³-hybridized carbons (Fsp3) is 0.409. The van der Waals surface area contributed by atoms with Gasteiger partial charge in [-0.3, -0.25) is 9.78 Å². The van der Waals surface area contributed by atoms with Crippen molar-refractivity contribution in [3.63, 3.8) is 0 Å². The predicted molar refractivity (Wildman–Crippen MR) is 137 cm³/mol. The van der Waals surface area contributed by atoms with Gasteiger partial charge < -0.3 is 15.5 Å². The van der Waals surface area contributed by atoms with Crippen molar-refractivity contribution in [2.24, 2.45) is 4.99 Å². The van der Waals surface area contributed by atoms with Crippen LogP contribution < -0.4 is 10.6 Å². The van der Waals surface area contributed by atoms with Gasteiger partial charge in [0.15, 0.2) is 5.96 Å². The average Bonchev–Trinajstić information content (AvgIpc) is 2.74. The highest BCUT2D eigenvalue weighted by Gasteiger charge is 2.10. The van der Waals surface area contributed by atoms with E-state index in [-0.39, 0.29) is 36.4 Å². The number of nitrogens with zero attached hydrogens (tertiary/aromatic N) is 3. The van der Waals surface area contributed by atoms with E-state index in [0.717, 1.165) is 18.7 Å². The summed E-state index contributed by atoms with van der Waals surface area (Å²) in [7, 11) is 1.81. The number of halogens is 1. The molecule has 1 amide bonds. The molecule has 2 N–H and O–H groups in total. The van der Waals surface area contributed by atoms with Crippen LogP contribution in [0.25, 0.3) is 0 Å². The number of aryl methyl sites for hydroxylation is 1. The van der Waals surface area contributed by atoms with Gasteiger partial charge >= 0.3 is 0 Å². The summed E-state index contributed by atoms with van der Waals surface area (Å²) in [6.07, 6.45) is 4.58. The van der Waals surface area contributed by atoms with E-state index in [1.54, 1.807) is 22.9 Å². The lowest BCUT2D eigenvalue weighted by atomic mass is 10.1. The highest BCUT2D eigenvalue weighted by atomic mass is 127. The van der Waals surface area contributed by atoms with Crippen LogP contribution in [0.1, 0.15) is 23.7 Å². The topological polar surface area (TPSA) is 69.6 Å². The number of thioether (sulfide) groups is 1. The molecular formula is C22H32IN5OS. The Morgan fingerprint density at radius 2 is 2.03 bits per heavy atom. The number of nitrogens with one attached hydrogen (secondary N) is 2. The van der Waals surface area contributed by atoms with Gasteiger partial charge in [0, 0.05) is 43.3 Å². The lowest BCUT2D eigenvalue weighted by Gasteiger charge is -2.18. The molecule has 6 nitrogen and oxygen atoms in total. The number of likely N-dealkylation sites (N-methyl/N-ethyl adjacent to an activating group) is 1. The third-order valence-corrected chi connectivity index (χ3v) is 5.28. The lowest BCUT2D eigenvalue weighted by molar-refractivity contribution is -0.128. The van der Waals surface area contributed by atoms with Gasteiger partial charge in [-0.05, 0) is 49.4 Å². The van der Waals surface area contributed by atoms with Crippen LogP contribution in [0.5, 0.6) is 0 Å². The number of carbonyl (C=O) groups excluding carboxylic acids is 1. The van der Waals surface area contributed by atoms with Crippen molar-refractivity contribution in [3.05, 3.63) is 59.4 Å². The van der Waals surface area contributed by atoms with Gasteiger partial charge in [-0.2, -0.15) is 0 Å². The van der Waals surface area contributed by atoms with Crippen LogP contribution in [0.2, 0.25) is 0 Å². The smallest absolute Gasteiger partial charge is 0.241 e. The normalized spacial score (nSPS) is 10.9. The Labute approximate surface area is 201 Å². The minimum Gasteiger partial charge on any atom is -0.357 e. The van der Waals surface area contributed by atoms with Gasteiger partial charge in [-0.25, -0.2) is 4.99 Å². The Hall–Kier alpha value is -1.81. The number of hydrogen-bond donors (Lipinski definition) is 2. The standard InChI is InChI=1S/C22H31N5OS.HI/c1-5-23-22(25-15-18-10-9-17(2)14-20(18)29-4)26-16-21(28)27(3)13-11-19-8-6-7-12-24-19;/h6-10,12,14H,5,11,13,15-16H2,1-4H3,(H2,23,25,26);1H. The second-order valence-corrected chi connectivity index (χ2v) is 7.60. The molecule has 30 heavy (non-hydrogen) atoms. The van der Waals surface area contributed by atoms with Crippen molar-refractivity contribution in [2.75, 3.05) is 32.9 Å².